The number of hydrogen-bond acceptors (Lipinski definition) is 2. The Balaban J connectivity index is 2.05. The van der Waals surface area contributed by atoms with Crippen molar-refractivity contribution in [2.75, 3.05) is 19.6 Å². The molecule has 0 aliphatic carbocycles. The first-order valence-corrected chi connectivity index (χ1v) is 6.29. The third-order valence-electron chi connectivity index (χ3n) is 3.41. The quantitative estimate of drug-likeness (QED) is 0.841. The van der Waals surface area contributed by atoms with E-state index in [1.807, 2.05) is 0 Å². The Morgan fingerprint density at radius 2 is 2.06 bits per heavy atom. The largest absolute Gasteiger partial charge is 0.330 e. The molecule has 1 aliphatic rings. The zero-order chi connectivity index (χ0) is 11.4. The third-order valence-corrected chi connectivity index (χ3v) is 3.41. The molecule has 0 radical (unpaired) electrons. The summed E-state index contributed by atoms with van der Waals surface area (Å²) in [5.41, 5.74) is 8.73. The van der Waals surface area contributed by atoms with Crippen molar-refractivity contribution < 1.29 is 0 Å². The predicted octanol–water partition coefficient (Wildman–Crippen LogP) is 2.03. The van der Waals surface area contributed by atoms with Crippen LogP contribution >= 0.6 is 0 Å². The summed E-state index contributed by atoms with van der Waals surface area (Å²) in [7, 11) is 0. The van der Waals surface area contributed by atoms with E-state index >= 15 is 0 Å². The standard InChI is InChI=1S/C14H22N2/c1-12(9-15)10-16-8-4-7-13-5-2-3-6-14(13)11-16/h2-3,5-6,12H,4,7-11,15H2,1H3. The first-order valence-electron chi connectivity index (χ1n) is 6.29. The Kier molecular flexibility index (Phi) is 3.97. The zero-order valence-corrected chi connectivity index (χ0v) is 10.2. The van der Waals surface area contributed by atoms with Crippen molar-refractivity contribution in [1.29, 1.82) is 0 Å². The molecule has 1 aromatic carbocycles. The maximum absolute atomic E-state index is 5.70. The van der Waals surface area contributed by atoms with Gasteiger partial charge in [-0.2, -0.15) is 0 Å². The molecule has 0 saturated heterocycles. The highest BCUT2D eigenvalue weighted by atomic mass is 15.1. The van der Waals surface area contributed by atoms with Crippen molar-refractivity contribution in [3.05, 3.63) is 35.4 Å². The molecule has 2 rings (SSSR count). The summed E-state index contributed by atoms with van der Waals surface area (Å²) in [6.45, 7) is 6.46. The van der Waals surface area contributed by atoms with Gasteiger partial charge in [0.2, 0.25) is 0 Å². The Morgan fingerprint density at radius 3 is 2.81 bits per heavy atom. The topological polar surface area (TPSA) is 29.3 Å². The van der Waals surface area contributed by atoms with Crippen LogP contribution in [0.1, 0.15) is 24.5 Å². The second-order valence-electron chi connectivity index (χ2n) is 4.95. The Labute approximate surface area is 98.4 Å². The normalized spacial score (nSPS) is 18.9. The van der Waals surface area contributed by atoms with E-state index in [4.69, 9.17) is 5.73 Å². The number of benzene rings is 1. The lowest BCUT2D eigenvalue weighted by molar-refractivity contribution is 0.235. The fraction of sp³-hybridized carbons (Fsp3) is 0.571. The number of nitrogens with zero attached hydrogens (tertiary/aromatic N) is 1. The minimum absolute atomic E-state index is 0.602. The molecule has 0 aromatic heterocycles. The Morgan fingerprint density at radius 1 is 1.31 bits per heavy atom. The van der Waals surface area contributed by atoms with E-state index in [1.54, 1.807) is 0 Å². The summed E-state index contributed by atoms with van der Waals surface area (Å²) in [5.74, 6) is 0.602. The van der Waals surface area contributed by atoms with Gasteiger partial charge in [0, 0.05) is 13.1 Å². The van der Waals surface area contributed by atoms with Crippen molar-refractivity contribution in [3.8, 4) is 0 Å². The molecule has 1 aromatic rings. The molecule has 2 heteroatoms. The molecule has 88 valence electrons. The van der Waals surface area contributed by atoms with Crippen molar-refractivity contribution in [2.24, 2.45) is 11.7 Å². The first kappa shape index (κ1) is 11.6. The van der Waals surface area contributed by atoms with E-state index in [2.05, 4.69) is 36.1 Å². The molecule has 0 fully saturated rings. The monoisotopic (exact) mass is 218 g/mol. The van der Waals surface area contributed by atoms with Crippen molar-refractivity contribution in [1.82, 2.24) is 4.90 Å². The van der Waals surface area contributed by atoms with E-state index in [0.717, 1.165) is 19.6 Å². The molecule has 16 heavy (non-hydrogen) atoms. The number of aryl methyl sites for hydroxylation is 1. The van der Waals surface area contributed by atoms with Gasteiger partial charge in [0.05, 0.1) is 0 Å². The van der Waals surface area contributed by atoms with Crippen LogP contribution in [-0.2, 0) is 13.0 Å². The van der Waals surface area contributed by atoms with Gasteiger partial charge in [-0.1, -0.05) is 31.2 Å². The summed E-state index contributed by atoms with van der Waals surface area (Å²) in [6, 6.07) is 8.83. The van der Waals surface area contributed by atoms with Crippen LogP contribution in [0.3, 0.4) is 0 Å². The molecule has 1 heterocycles. The molecular weight excluding hydrogens is 196 g/mol. The van der Waals surface area contributed by atoms with Crippen LogP contribution < -0.4 is 5.73 Å². The van der Waals surface area contributed by atoms with Crippen LogP contribution in [0.25, 0.3) is 0 Å². The summed E-state index contributed by atoms with van der Waals surface area (Å²) < 4.78 is 0. The number of hydrogen-bond donors (Lipinski definition) is 1. The van der Waals surface area contributed by atoms with E-state index < -0.39 is 0 Å². The smallest absolute Gasteiger partial charge is 0.0236 e. The molecule has 0 saturated carbocycles. The Bertz CT molecular complexity index is 335. The Hall–Kier alpha value is -0.860. The van der Waals surface area contributed by atoms with Gasteiger partial charge in [0.1, 0.15) is 0 Å². The van der Waals surface area contributed by atoms with Gasteiger partial charge in [0.25, 0.3) is 0 Å². The fourth-order valence-electron chi connectivity index (χ4n) is 2.44. The molecule has 2 N–H and O–H groups in total. The van der Waals surface area contributed by atoms with Crippen LogP contribution in [0.2, 0.25) is 0 Å². The van der Waals surface area contributed by atoms with Crippen LogP contribution in [-0.4, -0.2) is 24.5 Å². The molecular formula is C14H22N2. The highest BCUT2D eigenvalue weighted by Gasteiger charge is 2.15. The SMILES string of the molecule is CC(CN)CN1CCCc2ccccc2C1. The van der Waals surface area contributed by atoms with Gasteiger partial charge in [-0.25, -0.2) is 0 Å². The van der Waals surface area contributed by atoms with Crippen molar-refractivity contribution in [3.63, 3.8) is 0 Å². The van der Waals surface area contributed by atoms with Gasteiger partial charge >= 0.3 is 0 Å². The fourth-order valence-corrected chi connectivity index (χ4v) is 2.44. The zero-order valence-electron chi connectivity index (χ0n) is 10.2. The van der Waals surface area contributed by atoms with Crippen LogP contribution in [0.15, 0.2) is 24.3 Å². The first-order chi connectivity index (χ1) is 7.79. The molecule has 1 atom stereocenters. The van der Waals surface area contributed by atoms with Gasteiger partial charge in [0.15, 0.2) is 0 Å². The van der Waals surface area contributed by atoms with Gasteiger partial charge in [-0.05, 0) is 43.0 Å². The highest BCUT2D eigenvalue weighted by Crippen LogP contribution is 2.18. The second kappa shape index (κ2) is 5.46. The average Bonchev–Trinajstić information content (AvgIpc) is 2.50. The van der Waals surface area contributed by atoms with E-state index in [-0.39, 0.29) is 0 Å². The summed E-state index contributed by atoms with van der Waals surface area (Å²) >= 11 is 0. The van der Waals surface area contributed by atoms with E-state index in [0.29, 0.717) is 5.92 Å². The lowest BCUT2D eigenvalue weighted by atomic mass is 10.0. The number of rotatable bonds is 3. The number of fused-ring (bicyclic) bond motifs is 1. The summed E-state index contributed by atoms with van der Waals surface area (Å²) in [6.07, 6.45) is 2.50. The van der Waals surface area contributed by atoms with E-state index in [9.17, 15) is 0 Å². The van der Waals surface area contributed by atoms with Crippen molar-refractivity contribution in [2.45, 2.75) is 26.3 Å². The van der Waals surface area contributed by atoms with Crippen LogP contribution in [0.4, 0.5) is 0 Å². The minimum Gasteiger partial charge on any atom is -0.330 e. The van der Waals surface area contributed by atoms with Crippen LogP contribution in [0, 0.1) is 5.92 Å². The molecule has 0 bridgehead atoms. The summed E-state index contributed by atoms with van der Waals surface area (Å²) in [4.78, 5) is 2.54. The molecule has 0 amide bonds. The minimum atomic E-state index is 0.602. The van der Waals surface area contributed by atoms with Gasteiger partial charge in [-0.15, -0.1) is 0 Å². The van der Waals surface area contributed by atoms with Crippen LogP contribution in [0.5, 0.6) is 0 Å². The van der Waals surface area contributed by atoms with E-state index in [1.165, 1.54) is 30.5 Å². The maximum Gasteiger partial charge on any atom is 0.0236 e. The summed E-state index contributed by atoms with van der Waals surface area (Å²) in [5, 5.41) is 0. The lowest BCUT2D eigenvalue weighted by Crippen LogP contribution is -2.31. The third kappa shape index (κ3) is 2.83. The van der Waals surface area contributed by atoms with Gasteiger partial charge < -0.3 is 5.73 Å². The average molecular weight is 218 g/mol. The molecule has 1 aliphatic heterocycles. The predicted molar refractivity (Wildman–Crippen MR) is 68.3 cm³/mol. The maximum atomic E-state index is 5.70. The second-order valence-corrected chi connectivity index (χ2v) is 4.95. The number of nitrogens with two attached hydrogens (primary N) is 1. The van der Waals surface area contributed by atoms with Gasteiger partial charge in [-0.3, -0.25) is 4.90 Å². The highest BCUT2D eigenvalue weighted by molar-refractivity contribution is 5.27. The van der Waals surface area contributed by atoms with Crippen molar-refractivity contribution >= 4 is 0 Å². The molecule has 0 spiro atoms. The molecule has 1 unspecified atom stereocenters. The lowest BCUT2D eigenvalue weighted by Gasteiger charge is -2.23. The molecule has 2 nitrogen and oxygen atoms in total.